The number of ether oxygens (including phenoxy) is 1. The maximum Gasteiger partial charge on any atom is 0.350 e. The predicted octanol–water partition coefficient (Wildman–Crippen LogP) is 4.57. The normalized spacial score (nSPS) is 10.6. The Hall–Kier alpha value is -2.97. The smallest absolute Gasteiger partial charge is 0.350 e. The van der Waals surface area contributed by atoms with Gasteiger partial charge < -0.3 is 10.1 Å². The standard InChI is InChI=1S/C18H13ClN2O5S/c1-10-5-4-7-12(21(24)25)16(10)20-14(22)9-26-18(23)17-15(19)11-6-2-3-8-13(11)27-17/h2-8H,9H2,1H3,(H,20,22). The van der Waals surface area contributed by atoms with Gasteiger partial charge in [-0.1, -0.05) is 41.9 Å². The van der Waals surface area contributed by atoms with Crippen LogP contribution >= 0.6 is 22.9 Å². The van der Waals surface area contributed by atoms with Gasteiger partial charge in [0.05, 0.1) is 9.95 Å². The summed E-state index contributed by atoms with van der Waals surface area (Å²) in [5.41, 5.74) is 0.363. The van der Waals surface area contributed by atoms with Crippen LogP contribution in [0.25, 0.3) is 10.1 Å². The van der Waals surface area contributed by atoms with Crippen molar-refractivity contribution in [3.63, 3.8) is 0 Å². The van der Waals surface area contributed by atoms with Gasteiger partial charge in [0.25, 0.3) is 11.6 Å². The number of aryl methyl sites for hydroxylation is 1. The summed E-state index contributed by atoms with van der Waals surface area (Å²) in [6.45, 7) is 1.04. The quantitative estimate of drug-likeness (QED) is 0.381. The van der Waals surface area contributed by atoms with Gasteiger partial charge in [-0.3, -0.25) is 14.9 Å². The summed E-state index contributed by atoms with van der Waals surface area (Å²) in [5, 5.41) is 14.5. The number of nitro groups is 1. The number of rotatable bonds is 5. The molecule has 0 aliphatic rings. The fraction of sp³-hybridized carbons (Fsp3) is 0.111. The average Bonchev–Trinajstić information content (AvgIpc) is 2.98. The highest BCUT2D eigenvalue weighted by Crippen LogP contribution is 2.35. The van der Waals surface area contributed by atoms with E-state index in [4.69, 9.17) is 16.3 Å². The number of halogens is 1. The third kappa shape index (κ3) is 3.91. The van der Waals surface area contributed by atoms with Crippen molar-refractivity contribution >= 4 is 56.3 Å². The van der Waals surface area contributed by atoms with Crippen LogP contribution in [-0.4, -0.2) is 23.4 Å². The van der Waals surface area contributed by atoms with Gasteiger partial charge in [0.15, 0.2) is 6.61 Å². The van der Waals surface area contributed by atoms with E-state index in [1.165, 1.54) is 23.5 Å². The number of hydrogen-bond donors (Lipinski definition) is 1. The second-order valence-electron chi connectivity index (χ2n) is 5.59. The molecule has 7 nitrogen and oxygen atoms in total. The monoisotopic (exact) mass is 404 g/mol. The van der Waals surface area contributed by atoms with Gasteiger partial charge in [0, 0.05) is 16.2 Å². The van der Waals surface area contributed by atoms with Crippen molar-refractivity contribution in [2.24, 2.45) is 0 Å². The summed E-state index contributed by atoms with van der Waals surface area (Å²) in [7, 11) is 0. The Bertz CT molecular complexity index is 1060. The van der Waals surface area contributed by atoms with Crippen LogP contribution in [0.1, 0.15) is 15.2 Å². The summed E-state index contributed by atoms with van der Waals surface area (Å²) in [5.74, 6) is -1.41. The van der Waals surface area contributed by atoms with Gasteiger partial charge in [0.1, 0.15) is 10.6 Å². The molecule has 138 valence electrons. The van der Waals surface area contributed by atoms with Crippen LogP contribution in [0.2, 0.25) is 5.02 Å². The first kappa shape index (κ1) is 18.8. The van der Waals surface area contributed by atoms with Gasteiger partial charge in [-0.2, -0.15) is 0 Å². The molecule has 0 bridgehead atoms. The summed E-state index contributed by atoms with van der Waals surface area (Å²) >= 11 is 7.38. The number of esters is 1. The molecule has 1 N–H and O–H groups in total. The molecular formula is C18H13ClN2O5S. The number of para-hydroxylation sites is 1. The Kier molecular flexibility index (Phi) is 5.38. The molecular weight excluding hydrogens is 392 g/mol. The number of anilines is 1. The maximum atomic E-state index is 12.2. The lowest BCUT2D eigenvalue weighted by atomic mass is 10.1. The van der Waals surface area contributed by atoms with Crippen LogP contribution in [0, 0.1) is 17.0 Å². The number of nitrogens with zero attached hydrogens (tertiary/aromatic N) is 1. The summed E-state index contributed by atoms with van der Waals surface area (Å²) in [6.07, 6.45) is 0. The Morgan fingerprint density at radius 2 is 1.96 bits per heavy atom. The van der Waals surface area contributed by atoms with Crippen molar-refractivity contribution in [2.45, 2.75) is 6.92 Å². The molecule has 0 radical (unpaired) electrons. The third-order valence-corrected chi connectivity index (χ3v) is 5.42. The van der Waals surface area contributed by atoms with E-state index in [-0.39, 0.29) is 21.3 Å². The molecule has 0 aliphatic heterocycles. The Morgan fingerprint density at radius 1 is 1.22 bits per heavy atom. The van der Waals surface area contributed by atoms with Crippen LogP contribution in [0.15, 0.2) is 42.5 Å². The zero-order valence-corrected chi connectivity index (χ0v) is 15.6. The topological polar surface area (TPSA) is 98.5 Å². The van der Waals surface area contributed by atoms with Crippen molar-refractivity contribution in [3.8, 4) is 0 Å². The van der Waals surface area contributed by atoms with E-state index >= 15 is 0 Å². The second kappa shape index (κ2) is 7.73. The molecule has 0 spiro atoms. The maximum absolute atomic E-state index is 12.2. The minimum absolute atomic E-state index is 0.0726. The molecule has 0 saturated heterocycles. The number of thiophene rings is 1. The molecule has 0 unspecified atom stereocenters. The molecule has 1 amide bonds. The fourth-order valence-electron chi connectivity index (χ4n) is 2.48. The van der Waals surface area contributed by atoms with Crippen molar-refractivity contribution in [1.29, 1.82) is 0 Å². The van der Waals surface area contributed by atoms with E-state index in [0.29, 0.717) is 5.56 Å². The van der Waals surface area contributed by atoms with E-state index in [1.807, 2.05) is 12.1 Å². The Morgan fingerprint density at radius 3 is 2.67 bits per heavy atom. The number of carbonyl (C=O) groups is 2. The number of hydrogen-bond acceptors (Lipinski definition) is 6. The number of nitrogens with one attached hydrogen (secondary N) is 1. The van der Waals surface area contributed by atoms with Crippen LogP contribution in [0.5, 0.6) is 0 Å². The van der Waals surface area contributed by atoms with Crippen LogP contribution in [0.4, 0.5) is 11.4 Å². The molecule has 3 aromatic rings. The Balaban J connectivity index is 1.70. The number of carbonyl (C=O) groups excluding carboxylic acids is 2. The first-order valence-corrected chi connectivity index (χ1v) is 8.96. The second-order valence-corrected chi connectivity index (χ2v) is 7.02. The molecule has 0 saturated carbocycles. The van der Waals surface area contributed by atoms with Crippen molar-refractivity contribution < 1.29 is 19.2 Å². The van der Waals surface area contributed by atoms with E-state index < -0.39 is 23.4 Å². The molecule has 0 fully saturated rings. The van der Waals surface area contributed by atoms with Crippen molar-refractivity contribution in [1.82, 2.24) is 0 Å². The van der Waals surface area contributed by atoms with Gasteiger partial charge in [0.2, 0.25) is 0 Å². The largest absolute Gasteiger partial charge is 0.451 e. The van der Waals surface area contributed by atoms with Crippen molar-refractivity contribution in [2.75, 3.05) is 11.9 Å². The van der Waals surface area contributed by atoms with E-state index in [9.17, 15) is 19.7 Å². The molecule has 1 heterocycles. The molecule has 1 aromatic heterocycles. The summed E-state index contributed by atoms with van der Waals surface area (Å²) in [4.78, 5) is 35.0. The minimum Gasteiger partial charge on any atom is -0.451 e. The molecule has 0 aliphatic carbocycles. The number of nitro benzene ring substituents is 1. The molecule has 9 heteroatoms. The summed E-state index contributed by atoms with van der Waals surface area (Å²) < 4.78 is 5.85. The lowest BCUT2D eigenvalue weighted by Crippen LogP contribution is -2.21. The molecule has 3 rings (SSSR count). The van der Waals surface area contributed by atoms with Crippen LogP contribution < -0.4 is 5.32 Å². The first-order chi connectivity index (χ1) is 12.9. The minimum atomic E-state index is -0.726. The SMILES string of the molecule is Cc1cccc([N+](=O)[O-])c1NC(=O)COC(=O)c1sc2ccccc2c1Cl. The lowest BCUT2D eigenvalue weighted by Gasteiger charge is -2.09. The molecule has 0 atom stereocenters. The first-order valence-electron chi connectivity index (χ1n) is 7.76. The van der Waals surface area contributed by atoms with E-state index in [0.717, 1.165) is 10.1 Å². The van der Waals surface area contributed by atoms with E-state index in [2.05, 4.69) is 5.32 Å². The van der Waals surface area contributed by atoms with Gasteiger partial charge >= 0.3 is 5.97 Å². The molecule has 2 aromatic carbocycles. The predicted molar refractivity (Wildman–Crippen MR) is 104 cm³/mol. The van der Waals surface area contributed by atoms with Gasteiger partial charge in [-0.15, -0.1) is 11.3 Å². The highest BCUT2D eigenvalue weighted by Gasteiger charge is 2.21. The number of amides is 1. The van der Waals surface area contributed by atoms with Gasteiger partial charge in [-0.25, -0.2) is 4.79 Å². The highest BCUT2D eigenvalue weighted by atomic mass is 35.5. The number of fused-ring (bicyclic) bond motifs is 1. The van der Waals surface area contributed by atoms with Crippen molar-refractivity contribution in [3.05, 3.63) is 68.0 Å². The average molecular weight is 405 g/mol. The number of benzene rings is 2. The van der Waals surface area contributed by atoms with E-state index in [1.54, 1.807) is 25.1 Å². The van der Waals surface area contributed by atoms with Crippen LogP contribution in [0.3, 0.4) is 0 Å². The Labute approximate surface area is 162 Å². The van der Waals surface area contributed by atoms with Crippen LogP contribution in [-0.2, 0) is 9.53 Å². The van der Waals surface area contributed by atoms with Gasteiger partial charge in [-0.05, 0) is 18.6 Å². The zero-order valence-electron chi connectivity index (χ0n) is 14.0. The highest BCUT2D eigenvalue weighted by molar-refractivity contribution is 7.21. The third-order valence-electron chi connectivity index (χ3n) is 3.77. The molecule has 27 heavy (non-hydrogen) atoms. The lowest BCUT2D eigenvalue weighted by molar-refractivity contribution is -0.384. The summed E-state index contributed by atoms with van der Waals surface area (Å²) in [6, 6.07) is 11.7. The zero-order chi connectivity index (χ0) is 19.6. The fourth-order valence-corrected chi connectivity index (χ4v) is 3.89.